The van der Waals surface area contributed by atoms with Gasteiger partial charge in [-0.25, -0.2) is 4.98 Å². The van der Waals surface area contributed by atoms with E-state index in [9.17, 15) is 9.59 Å². The minimum atomic E-state index is -0.229. The van der Waals surface area contributed by atoms with Crippen LogP contribution in [0.15, 0.2) is 82.7 Å². The van der Waals surface area contributed by atoms with Gasteiger partial charge in [-0.05, 0) is 49.4 Å². The molecule has 0 aliphatic rings. The van der Waals surface area contributed by atoms with Crippen molar-refractivity contribution in [2.45, 2.75) is 12.1 Å². The van der Waals surface area contributed by atoms with Crippen molar-refractivity contribution >= 4 is 45.3 Å². The summed E-state index contributed by atoms with van der Waals surface area (Å²) in [6.45, 7) is 1.99. The summed E-state index contributed by atoms with van der Waals surface area (Å²) in [7, 11) is 1.59. The monoisotopic (exact) mass is 470 g/mol. The molecule has 2 heterocycles. The molecule has 0 saturated carbocycles. The highest BCUT2D eigenvalue weighted by Crippen LogP contribution is 2.27. The molecule has 7 nitrogen and oxygen atoms in total. The van der Waals surface area contributed by atoms with Crippen LogP contribution < -0.4 is 15.6 Å². The van der Waals surface area contributed by atoms with E-state index in [1.54, 1.807) is 31.4 Å². The third kappa shape index (κ3) is 4.15. The zero-order valence-corrected chi connectivity index (χ0v) is 19.5. The highest BCUT2D eigenvalue weighted by Gasteiger charge is 2.18. The van der Waals surface area contributed by atoms with E-state index in [1.165, 1.54) is 16.3 Å². The van der Waals surface area contributed by atoms with Crippen molar-refractivity contribution in [3.8, 4) is 11.4 Å². The summed E-state index contributed by atoms with van der Waals surface area (Å²) in [5, 5.41) is 4.19. The molecule has 0 bridgehead atoms. The molecule has 0 radical (unpaired) electrons. The van der Waals surface area contributed by atoms with Gasteiger partial charge in [-0.2, -0.15) is 0 Å². The van der Waals surface area contributed by atoms with E-state index in [-0.39, 0.29) is 17.2 Å². The van der Waals surface area contributed by atoms with Crippen molar-refractivity contribution < 1.29 is 9.53 Å². The number of hydrogen-bond donors (Lipinski definition) is 2. The number of ether oxygens (including phenoxy) is 1. The molecule has 0 fully saturated rings. The molecule has 0 aliphatic carbocycles. The Morgan fingerprint density at radius 1 is 1.06 bits per heavy atom. The molecule has 5 aromatic rings. The molecule has 5 rings (SSSR count). The van der Waals surface area contributed by atoms with E-state index in [2.05, 4.69) is 10.3 Å². The molecular weight excluding hydrogens is 448 g/mol. The van der Waals surface area contributed by atoms with Crippen LogP contribution in [0, 0.1) is 6.92 Å². The number of nitrogens with zero attached hydrogens (tertiary/aromatic N) is 2. The van der Waals surface area contributed by atoms with Crippen LogP contribution in [0.3, 0.4) is 0 Å². The maximum Gasteiger partial charge on any atom is 0.283 e. The molecule has 8 heteroatoms. The number of amides is 1. The number of rotatable bonds is 6. The number of aromatic amines is 1. The Balaban J connectivity index is 1.55. The Bertz CT molecular complexity index is 1550. The minimum absolute atomic E-state index is 0.102. The largest absolute Gasteiger partial charge is 0.497 e. The smallest absolute Gasteiger partial charge is 0.283 e. The van der Waals surface area contributed by atoms with Gasteiger partial charge >= 0.3 is 0 Å². The number of H-pyrrole nitrogens is 1. The first-order chi connectivity index (χ1) is 16.5. The topological polar surface area (TPSA) is 89.0 Å². The number of carbonyl (C=O) groups is 1. The number of aromatic nitrogens is 3. The third-order valence-corrected chi connectivity index (χ3v) is 6.43. The van der Waals surface area contributed by atoms with Gasteiger partial charge in [-0.3, -0.25) is 14.2 Å². The number of aryl methyl sites for hydroxylation is 1. The van der Waals surface area contributed by atoms with Gasteiger partial charge in [0.25, 0.3) is 5.56 Å². The summed E-state index contributed by atoms with van der Waals surface area (Å²) in [4.78, 5) is 34.2. The fraction of sp³-hybridized carbons (Fsp3) is 0.115. The van der Waals surface area contributed by atoms with E-state index in [4.69, 9.17) is 9.72 Å². The molecule has 170 valence electrons. The molecule has 3 aromatic carbocycles. The number of thioether (sulfide) groups is 1. The van der Waals surface area contributed by atoms with Crippen LogP contribution in [0.1, 0.15) is 5.56 Å². The quantitative estimate of drug-likeness (QED) is 0.272. The van der Waals surface area contributed by atoms with Crippen molar-refractivity contribution in [3.05, 3.63) is 88.7 Å². The number of methoxy groups -OCH3 is 1. The fourth-order valence-corrected chi connectivity index (χ4v) is 4.57. The van der Waals surface area contributed by atoms with Gasteiger partial charge in [-0.1, -0.05) is 47.7 Å². The van der Waals surface area contributed by atoms with Crippen LogP contribution >= 0.6 is 11.8 Å². The number of carbonyl (C=O) groups excluding carboxylic acids is 1. The summed E-state index contributed by atoms with van der Waals surface area (Å²) >= 11 is 1.22. The van der Waals surface area contributed by atoms with Crippen molar-refractivity contribution in [3.63, 3.8) is 0 Å². The van der Waals surface area contributed by atoms with Crippen LogP contribution in [0.2, 0.25) is 0 Å². The Hall–Kier alpha value is -4.04. The lowest BCUT2D eigenvalue weighted by molar-refractivity contribution is -0.113. The molecule has 2 aromatic heterocycles. The lowest BCUT2D eigenvalue weighted by Crippen LogP contribution is -2.23. The molecular formula is C26H22N4O3S. The molecule has 0 unspecified atom stereocenters. The normalized spacial score (nSPS) is 11.1. The van der Waals surface area contributed by atoms with Gasteiger partial charge in [0.1, 0.15) is 16.8 Å². The molecule has 0 spiro atoms. The highest BCUT2D eigenvalue weighted by molar-refractivity contribution is 7.99. The second kappa shape index (κ2) is 9.07. The SMILES string of the molecule is COc1ccc(-n2c(SCC(=O)Nc3ccc(C)cc3)nc3c([nH]c4ccccc43)c2=O)cc1. The molecule has 2 N–H and O–H groups in total. The van der Waals surface area contributed by atoms with E-state index < -0.39 is 0 Å². The lowest BCUT2D eigenvalue weighted by Gasteiger charge is -2.13. The second-order valence-electron chi connectivity index (χ2n) is 7.83. The van der Waals surface area contributed by atoms with Gasteiger partial charge in [0.05, 0.1) is 18.6 Å². The van der Waals surface area contributed by atoms with Crippen LogP contribution in [-0.2, 0) is 4.79 Å². The zero-order chi connectivity index (χ0) is 23.7. The van der Waals surface area contributed by atoms with E-state index in [1.807, 2.05) is 55.5 Å². The lowest BCUT2D eigenvalue weighted by atomic mass is 10.2. The van der Waals surface area contributed by atoms with Gasteiger partial charge in [-0.15, -0.1) is 0 Å². The van der Waals surface area contributed by atoms with E-state index >= 15 is 0 Å². The number of anilines is 1. The number of benzene rings is 3. The zero-order valence-electron chi connectivity index (χ0n) is 18.7. The molecule has 34 heavy (non-hydrogen) atoms. The van der Waals surface area contributed by atoms with Gasteiger partial charge < -0.3 is 15.0 Å². The second-order valence-corrected chi connectivity index (χ2v) is 8.77. The fourth-order valence-electron chi connectivity index (χ4n) is 3.76. The highest BCUT2D eigenvalue weighted by atomic mass is 32.2. The first kappa shape index (κ1) is 21.8. The first-order valence-electron chi connectivity index (χ1n) is 10.7. The van der Waals surface area contributed by atoms with Crippen molar-refractivity contribution in [1.82, 2.24) is 14.5 Å². The summed E-state index contributed by atoms with van der Waals surface area (Å²) < 4.78 is 6.78. The third-order valence-electron chi connectivity index (χ3n) is 5.49. The predicted octanol–water partition coefficient (Wildman–Crippen LogP) is 4.91. The number of hydrogen-bond acceptors (Lipinski definition) is 5. The summed E-state index contributed by atoms with van der Waals surface area (Å²) in [5.74, 6) is 0.608. The Morgan fingerprint density at radius 2 is 1.79 bits per heavy atom. The van der Waals surface area contributed by atoms with Crippen molar-refractivity contribution in [2.24, 2.45) is 0 Å². The number of nitrogens with one attached hydrogen (secondary N) is 2. The molecule has 0 saturated heterocycles. The average molecular weight is 471 g/mol. The van der Waals surface area contributed by atoms with Crippen LogP contribution in [0.4, 0.5) is 5.69 Å². The summed E-state index contributed by atoms with van der Waals surface area (Å²) in [6.07, 6.45) is 0. The first-order valence-corrected chi connectivity index (χ1v) is 11.7. The molecule has 1 amide bonds. The summed E-state index contributed by atoms with van der Waals surface area (Å²) in [5.41, 5.74) is 4.10. The van der Waals surface area contributed by atoms with Gasteiger partial charge in [0, 0.05) is 16.6 Å². The van der Waals surface area contributed by atoms with E-state index in [0.29, 0.717) is 27.6 Å². The Morgan fingerprint density at radius 3 is 2.53 bits per heavy atom. The van der Waals surface area contributed by atoms with Crippen molar-refractivity contribution in [2.75, 3.05) is 18.2 Å². The standard InChI is InChI=1S/C26H22N4O3S/c1-16-7-9-17(10-8-16)27-22(31)15-34-26-29-23-20-5-3-4-6-21(20)28-24(23)25(32)30(26)18-11-13-19(33-2)14-12-18/h3-14,28H,15H2,1-2H3,(H,27,31). The van der Waals surface area contributed by atoms with Crippen LogP contribution in [-0.4, -0.2) is 33.3 Å². The molecule has 0 aliphatic heterocycles. The van der Waals surface area contributed by atoms with Gasteiger partial charge in [0.2, 0.25) is 5.91 Å². The minimum Gasteiger partial charge on any atom is -0.497 e. The number of para-hydroxylation sites is 1. The van der Waals surface area contributed by atoms with E-state index in [0.717, 1.165) is 22.2 Å². The number of fused-ring (bicyclic) bond motifs is 3. The summed E-state index contributed by atoms with van der Waals surface area (Å²) in [6, 6.07) is 22.4. The van der Waals surface area contributed by atoms with Gasteiger partial charge in [0.15, 0.2) is 5.16 Å². The maximum absolute atomic E-state index is 13.6. The predicted molar refractivity (Wildman–Crippen MR) is 136 cm³/mol. The van der Waals surface area contributed by atoms with Crippen molar-refractivity contribution in [1.29, 1.82) is 0 Å². The molecule has 0 atom stereocenters. The maximum atomic E-state index is 13.6. The Kier molecular flexibility index (Phi) is 5.81. The Labute approximate surface area is 199 Å². The van der Waals surface area contributed by atoms with Crippen LogP contribution in [0.5, 0.6) is 5.75 Å². The average Bonchev–Trinajstić information content (AvgIpc) is 3.23. The van der Waals surface area contributed by atoms with Crippen LogP contribution in [0.25, 0.3) is 27.6 Å².